The lowest BCUT2D eigenvalue weighted by Gasteiger charge is -2.12. The molecule has 0 spiro atoms. The molecule has 3 aromatic rings. The van der Waals surface area contributed by atoms with Crippen LogP contribution in [-0.2, 0) is 6.54 Å². The molecule has 5 heteroatoms. The first kappa shape index (κ1) is 17.5. The summed E-state index contributed by atoms with van der Waals surface area (Å²) < 4.78 is 5.85. The van der Waals surface area contributed by atoms with Crippen LogP contribution >= 0.6 is 0 Å². The zero-order valence-electron chi connectivity index (χ0n) is 14.4. The molecular weight excluding hydrogens is 326 g/mol. The molecule has 0 bridgehead atoms. The van der Waals surface area contributed by atoms with E-state index in [1.807, 2.05) is 66.7 Å². The van der Waals surface area contributed by atoms with Crippen LogP contribution in [0, 0.1) is 0 Å². The monoisotopic (exact) mass is 347 g/mol. The molecule has 0 saturated carbocycles. The number of rotatable bonds is 7. The van der Waals surface area contributed by atoms with Gasteiger partial charge < -0.3 is 15.4 Å². The summed E-state index contributed by atoms with van der Waals surface area (Å²) in [5.41, 5.74) is 3.14. The van der Waals surface area contributed by atoms with Gasteiger partial charge in [0.2, 0.25) is 0 Å². The number of hydrogen-bond acceptors (Lipinski definition) is 3. The molecule has 0 atom stereocenters. The van der Waals surface area contributed by atoms with Gasteiger partial charge in [-0.1, -0.05) is 48.5 Å². The lowest BCUT2D eigenvalue weighted by Crippen LogP contribution is -2.37. The van der Waals surface area contributed by atoms with E-state index in [2.05, 4.69) is 15.6 Å². The van der Waals surface area contributed by atoms with Crippen molar-refractivity contribution in [1.82, 2.24) is 15.6 Å². The Balaban J connectivity index is 1.45. The Labute approximate surface area is 153 Å². The van der Waals surface area contributed by atoms with Crippen molar-refractivity contribution < 1.29 is 9.53 Å². The van der Waals surface area contributed by atoms with Crippen molar-refractivity contribution in [2.24, 2.45) is 0 Å². The number of nitrogens with zero attached hydrogens (tertiary/aromatic N) is 1. The minimum atomic E-state index is -0.221. The zero-order valence-corrected chi connectivity index (χ0v) is 14.4. The van der Waals surface area contributed by atoms with E-state index >= 15 is 0 Å². The van der Waals surface area contributed by atoms with Gasteiger partial charge in [-0.2, -0.15) is 0 Å². The van der Waals surface area contributed by atoms with Gasteiger partial charge in [-0.05, 0) is 29.3 Å². The number of hydrogen-bond donors (Lipinski definition) is 2. The first-order valence-corrected chi connectivity index (χ1v) is 8.51. The second-order valence-electron chi connectivity index (χ2n) is 5.68. The van der Waals surface area contributed by atoms with Crippen molar-refractivity contribution in [3.8, 4) is 16.9 Å². The van der Waals surface area contributed by atoms with Crippen LogP contribution in [0.25, 0.3) is 11.1 Å². The Morgan fingerprint density at radius 2 is 1.62 bits per heavy atom. The summed E-state index contributed by atoms with van der Waals surface area (Å²) in [6.07, 6.45) is 3.40. The Kier molecular flexibility index (Phi) is 6.20. The van der Waals surface area contributed by atoms with E-state index in [1.165, 1.54) is 0 Å². The minimum absolute atomic E-state index is 0.221. The van der Waals surface area contributed by atoms with Gasteiger partial charge >= 0.3 is 6.03 Å². The topological polar surface area (TPSA) is 63.2 Å². The van der Waals surface area contributed by atoms with Crippen LogP contribution in [0.3, 0.4) is 0 Å². The molecule has 2 amide bonds. The van der Waals surface area contributed by atoms with Crippen molar-refractivity contribution in [2.75, 3.05) is 13.2 Å². The zero-order chi connectivity index (χ0) is 18.0. The molecule has 0 aliphatic heterocycles. The number of pyridine rings is 1. The predicted molar refractivity (Wildman–Crippen MR) is 102 cm³/mol. The molecule has 0 unspecified atom stereocenters. The van der Waals surface area contributed by atoms with E-state index in [4.69, 9.17) is 4.74 Å². The number of urea groups is 1. The highest BCUT2D eigenvalue weighted by Gasteiger charge is 2.05. The summed E-state index contributed by atoms with van der Waals surface area (Å²) in [4.78, 5) is 15.8. The largest absolute Gasteiger partial charge is 0.491 e. The number of aromatic nitrogens is 1. The van der Waals surface area contributed by atoms with Crippen LogP contribution in [0.2, 0.25) is 0 Å². The Morgan fingerprint density at radius 3 is 2.42 bits per heavy atom. The third-order valence-electron chi connectivity index (χ3n) is 3.82. The van der Waals surface area contributed by atoms with Gasteiger partial charge in [-0.3, -0.25) is 4.98 Å². The summed E-state index contributed by atoms with van der Waals surface area (Å²) in [6, 6.07) is 21.5. The van der Waals surface area contributed by atoms with E-state index in [1.54, 1.807) is 12.4 Å². The lowest BCUT2D eigenvalue weighted by atomic mass is 10.1. The van der Waals surface area contributed by atoms with Crippen molar-refractivity contribution in [2.45, 2.75) is 6.54 Å². The molecular formula is C21H21N3O2. The SMILES string of the molecule is O=C(NCCOc1ccccc1-c1ccccc1)NCc1ccncc1. The lowest BCUT2D eigenvalue weighted by molar-refractivity contribution is 0.236. The normalized spacial score (nSPS) is 10.2. The third kappa shape index (κ3) is 5.08. The van der Waals surface area contributed by atoms with Crippen molar-refractivity contribution in [3.05, 3.63) is 84.7 Å². The summed E-state index contributed by atoms with van der Waals surface area (Å²) in [6.45, 7) is 1.28. The fraction of sp³-hybridized carbons (Fsp3) is 0.143. The minimum Gasteiger partial charge on any atom is -0.491 e. The quantitative estimate of drug-likeness (QED) is 0.642. The third-order valence-corrected chi connectivity index (χ3v) is 3.82. The van der Waals surface area contributed by atoms with Crippen molar-refractivity contribution >= 4 is 6.03 Å². The van der Waals surface area contributed by atoms with Crippen LogP contribution in [0.1, 0.15) is 5.56 Å². The molecule has 0 aliphatic rings. The fourth-order valence-electron chi connectivity index (χ4n) is 2.52. The van der Waals surface area contributed by atoms with Gasteiger partial charge in [0, 0.05) is 24.5 Å². The number of para-hydroxylation sites is 1. The van der Waals surface area contributed by atoms with Gasteiger partial charge in [-0.25, -0.2) is 4.79 Å². The molecule has 2 N–H and O–H groups in total. The molecule has 26 heavy (non-hydrogen) atoms. The number of nitrogens with one attached hydrogen (secondary N) is 2. The van der Waals surface area contributed by atoms with Gasteiger partial charge in [-0.15, -0.1) is 0 Å². The number of carbonyl (C=O) groups excluding carboxylic acids is 1. The maximum absolute atomic E-state index is 11.8. The average molecular weight is 347 g/mol. The van der Waals surface area contributed by atoms with Crippen LogP contribution in [0.4, 0.5) is 4.79 Å². The van der Waals surface area contributed by atoms with E-state index in [-0.39, 0.29) is 6.03 Å². The summed E-state index contributed by atoms with van der Waals surface area (Å²) in [5, 5.41) is 5.59. The molecule has 0 aliphatic carbocycles. The second-order valence-corrected chi connectivity index (χ2v) is 5.68. The molecule has 1 aromatic heterocycles. The van der Waals surface area contributed by atoms with Gasteiger partial charge in [0.15, 0.2) is 0 Å². The first-order valence-electron chi connectivity index (χ1n) is 8.51. The summed E-state index contributed by atoms with van der Waals surface area (Å²) >= 11 is 0. The maximum atomic E-state index is 11.8. The van der Waals surface area contributed by atoms with E-state index < -0.39 is 0 Å². The van der Waals surface area contributed by atoms with Crippen molar-refractivity contribution in [1.29, 1.82) is 0 Å². The predicted octanol–water partition coefficient (Wildman–Crippen LogP) is 3.63. The van der Waals surface area contributed by atoms with Gasteiger partial charge in [0.25, 0.3) is 0 Å². The van der Waals surface area contributed by atoms with Crippen molar-refractivity contribution in [3.63, 3.8) is 0 Å². The van der Waals surface area contributed by atoms with E-state index in [0.717, 1.165) is 22.4 Å². The fourth-order valence-corrected chi connectivity index (χ4v) is 2.52. The number of ether oxygens (including phenoxy) is 1. The Bertz CT molecular complexity index is 823. The van der Waals surface area contributed by atoms with E-state index in [0.29, 0.717) is 19.7 Å². The number of amides is 2. The Hall–Kier alpha value is -3.34. The molecule has 0 saturated heterocycles. The smallest absolute Gasteiger partial charge is 0.315 e. The molecule has 132 valence electrons. The summed E-state index contributed by atoms with van der Waals surface area (Å²) in [7, 11) is 0. The number of carbonyl (C=O) groups is 1. The van der Waals surface area contributed by atoms with Crippen LogP contribution in [-0.4, -0.2) is 24.2 Å². The first-order chi connectivity index (χ1) is 12.8. The van der Waals surface area contributed by atoms with E-state index in [9.17, 15) is 4.79 Å². The van der Waals surface area contributed by atoms with Crippen LogP contribution in [0.15, 0.2) is 79.1 Å². The average Bonchev–Trinajstić information content (AvgIpc) is 2.71. The van der Waals surface area contributed by atoms with Crippen LogP contribution in [0.5, 0.6) is 5.75 Å². The van der Waals surface area contributed by atoms with Crippen LogP contribution < -0.4 is 15.4 Å². The molecule has 0 fully saturated rings. The number of benzene rings is 2. The highest BCUT2D eigenvalue weighted by atomic mass is 16.5. The molecule has 2 aromatic carbocycles. The molecule has 5 nitrogen and oxygen atoms in total. The summed E-state index contributed by atoms with van der Waals surface area (Å²) in [5.74, 6) is 0.803. The maximum Gasteiger partial charge on any atom is 0.315 e. The molecule has 1 heterocycles. The molecule has 3 rings (SSSR count). The Morgan fingerprint density at radius 1 is 0.885 bits per heavy atom. The molecule has 0 radical (unpaired) electrons. The highest BCUT2D eigenvalue weighted by molar-refractivity contribution is 5.73. The standard InChI is InChI=1S/C21H21N3O2/c25-21(24-16-17-10-12-22-13-11-17)23-14-15-26-20-9-5-4-8-19(20)18-6-2-1-3-7-18/h1-13H,14-16H2,(H2,23,24,25). The van der Waals surface area contributed by atoms with Gasteiger partial charge in [0.1, 0.15) is 12.4 Å². The van der Waals surface area contributed by atoms with Gasteiger partial charge in [0.05, 0.1) is 6.54 Å². The second kappa shape index (κ2) is 9.22. The highest BCUT2D eigenvalue weighted by Crippen LogP contribution is 2.29.